The second-order valence-electron chi connectivity index (χ2n) is 11.6. The van der Waals surface area contributed by atoms with E-state index in [0.29, 0.717) is 37.2 Å². The van der Waals surface area contributed by atoms with Crippen molar-refractivity contribution < 1.29 is 32.7 Å². The number of carboxylic acid groups (broad SMARTS) is 1. The largest absolute Gasteiger partial charge is 0.465 e. The van der Waals surface area contributed by atoms with Crippen LogP contribution in [0.5, 0.6) is 0 Å². The molecule has 2 fully saturated rings. The van der Waals surface area contributed by atoms with Crippen molar-refractivity contribution >= 4 is 18.0 Å². The number of carbonyl (C=O) groups is 3. The molecule has 0 unspecified atom stereocenters. The third-order valence-electron chi connectivity index (χ3n) is 7.88. The van der Waals surface area contributed by atoms with Crippen LogP contribution < -0.4 is 0 Å². The minimum absolute atomic E-state index is 0.00618. The van der Waals surface area contributed by atoms with Crippen LogP contribution in [0.4, 0.5) is 22.8 Å². The van der Waals surface area contributed by atoms with Gasteiger partial charge in [-0.25, -0.2) is 9.59 Å². The van der Waals surface area contributed by atoms with Gasteiger partial charge >= 0.3 is 18.3 Å². The first-order chi connectivity index (χ1) is 17.0. The summed E-state index contributed by atoms with van der Waals surface area (Å²) in [7, 11) is 3.26. The lowest BCUT2D eigenvalue weighted by molar-refractivity contribution is -0.144. The van der Waals surface area contributed by atoms with Crippen molar-refractivity contribution in [2.45, 2.75) is 64.3 Å². The predicted molar refractivity (Wildman–Crippen MR) is 128 cm³/mol. The summed E-state index contributed by atoms with van der Waals surface area (Å²) in [5, 5.41) is 9.98. The molecule has 1 saturated carbocycles. The van der Waals surface area contributed by atoms with E-state index in [1.54, 1.807) is 44.7 Å². The fourth-order valence-electron chi connectivity index (χ4n) is 6.35. The summed E-state index contributed by atoms with van der Waals surface area (Å²) in [5.74, 6) is -0.504. The van der Waals surface area contributed by atoms with E-state index < -0.39 is 34.8 Å². The van der Waals surface area contributed by atoms with Gasteiger partial charge in [-0.2, -0.15) is 13.2 Å². The number of aromatic nitrogens is 1. The Kier molecular flexibility index (Phi) is 6.61. The van der Waals surface area contributed by atoms with Crippen LogP contribution in [-0.4, -0.2) is 93.0 Å². The minimum atomic E-state index is -4.54. The van der Waals surface area contributed by atoms with Gasteiger partial charge in [-0.15, -0.1) is 0 Å². The summed E-state index contributed by atoms with van der Waals surface area (Å²) < 4.78 is 39.9. The Morgan fingerprint density at radius 1 is 1.16 bits per heavy atom. The Balaban J connectivity index is 1.66. The molecule has 1 saturated heterocycles. The number of fused-ring (bicyclic) bond motifs is 2. The van der Waals surface area contributed by atoms with Gasteiger partial charge in [-0.05, 0) is 51.2 Å². The normalized spacial score (nSPS) is 25.5. The second-order valence-corrected chi connectivity index (χ2v) is 11.6. The fraction of sp³-hybridized carbons (Fsp3) is 0.680. The van der Waals surface area contributed by atoms with Gasteiger partial charge in [-0.1, -0.05) is 0 Å². The van der Waals surface area contributed by atoms with Gasteiger partial charge < -0.3 is 24.7 Å². The fourth-order valence-corrected chi connectivity index (χ4v) is 6.35. The molecule has 9 nitrogen and oxygen atoms in total. The van der Waals surface area contributed by atoms with Crippen LogP contribution in [0.15, 0.2) is 12.3 Å². The SMILES string of the molecule is CN(C)C(=O)N1C[C@@H]2C[C@@H](N(C(=O)O)C(C)(C)C)C[C@]2(C(=O)N2CCc3ncc(C(F)(F)F)cc3C2)C1. The molecule has 1 N–H and O–H groups in total. The lowest BCUT2D eigenvalue weighted by Crippen LogP contribution is -2.53. The Morgan fingerprint density at radius 3 is 2.41 bits per heavy atom. The highest BCUT2D eigenvalue weighted by Crippen LogP contribution is 2.52. The number of likely N-dealkylation sites (tertiary alicyclic amines) is 1. The molecule has 0 bridgehead atoms. The van der Waals surface area contributed by atoms with Crippen LogP contribution in [0.1, 0.15) is 50.4 Å². The average molecular weight is 526 g/mol. The maximum Gasteiger partial charge on any atom is 0.417 e. The van der Waals surface area contributed by atoms with Gasteiger partial charge in [0.2, 0.25) is 5.91 Å². The number of carbonyl (C=O) groups excluding carboxylic acids is 2. The second kappa shape index (κ2) is 9.05. The number of amides is 4. The topological polar surface area (TPSA) is 97.3 Å². The van der Waals surface area contributed by atoms with Gasteiger partial charge in [0.25, 0.3) is 0 Å². The molecule has 1 aliphatic carbocycles. The molecule has 37 heavy (non-hydrogen) atoms. The van der Waals surface area contributed by atoms with Gasteiger partial charge in [0.05, 0.1) is 11.0 Å². The molecule has 3 aliphatic rings. The average Bonchev–Trinajstić information content (AvgIpc) is 3.30. The highest BCUT2D eigenvalue weighted by atomic mass is 19.4. The van der Waals surface area contributed by atoms with Gasteiger partial charge in [0.1, 0.15) is 0 Å². The molecule has 12 heteroatoms. The van der Waals surface area contributed by atoms with E-state index in [-0.39, 0.29) is 37.4 Å². The van der Waals surface area contributed by atoms with Crippen LogP contribution in [0, 0.1) is 11.3 Å². The maximum atomic E-state index is 14.2. The number of hydrogen-bond donors (Lipinski definition) is 1. The van der Waals surface area contributed by atoms with Crippen LogP contribution in [-0.2, 0) is 23.9 Å². The molecule has 2 aliphatic heterocycles. The van der Waals surface area contributed by atoms with Crippen molar-refractivity contribution in [2.24, 2.45) is 11.3 Å². The van der Waals surface area contributed by atoms with Crippen molar-refractivity contribution in [3.8, 4) is 0 Å². The number of halogens is 3. The summed E-state index contributed by atoms with van der Waals surface area (Å²) in [6, 6.07) is 0.405. The number of urea groups is 1. The monoisotopic (exact) mass is 525 g/mol. The predicted octanol–water partition coefficient (Wildman–Crippen LogP) is 3.53. The number of alkyl halides is 3. The Labute approximate surface area is 214 Å². The number of pyridine rings is 1. The Bertz CT molecular complexity index is 1100. The molecule has 0 spiro atoms. The van der Waals surface area contributed by atoms with Gasteiger partial charge in [-0.3, -0.25) is 9.78 Å². The van der Waals surface area contributed by atoms with Crippen LogP contribution in [0.3, 0.4) is 0 Å². The van der Waals surface area contributed by atoms with Crippen molar-refractivity contribution in [2.75, 3.05) is 33.7 Å². The third kappa shape index (κ3) is 4.82. The molecular formula is C25H34F3N5O4. The molecule has 0 radical (unpaired) electrons. The molecule has 3 atom stereocenters. The minimum Gasteiger partial charge on any atom is -0.465 e. The van der Waals surface area contributed by atoms with Crippen molar-refractivity contribution in [1.29, 1.82) is 0 Å². The molecule has 4 rings (SSSR count). The smallest absolute Gasteiger partial charge is 0.417 e. The maximum absolute atomic E-state index is 14.2. The number of rotatable bonds is 2. The summed E-state index contributed by atoms with van der Waals surface area (Å²) in [6.45, 7) is 6.17. The highest BCUT2D eigenvalue weighted by molar-refractivity contribution is 5.86. The van der Waals surface area contributed by atoms with Crippen molar-refractivity contribution in [3.63, 3.8) is 0 Å². The van der Waals surface area contributed by atoms with E-state index in [4.69, 9.17) is 0 Å². The van der Waals surface area contributed by atoms with Crippen molar-refractivity contribution in [3.05, 3.63) is 29.1 Å². The molecule has 1 aromatic rings. The van der Waals surface area contributed by atoms with E-state index in [1.165, 1.54) is 9.80 Å². The van der Waals surface area contributed by atoms with Crippen LogP contribution >= 0.6 is 0 Å². The molecule has 3 heterocycles. The lowest BCUT2D eigenvalue weighted by atomic mass is 9.78. The van der Waals surface area contributed by atoms with E-state index in [2.05, 4.69) is 4.98 Å². The van der Waals surface area contributed by atoms with Crippen LogP contribution in [0.2, 0.25) is 0 Å². The van der Waals surface area contributed by atoms with E-state index in [1.807, 2.05) is 0 Å². The summed E-state index contributed by atoms with van der Waals surface area (Å²) in [6.07, 6.45) is -3.78. The third-order valence-corrected chi connectivity index (χ3v) is 7.88. The zero-order valence-electron chi connectivity index (χ0n) is 21.8. The van der Waals surface area contributed by atoms with Crippen molar-refractivity contribution in [1.82, 2.24) is 24.6 Å². The first-order valence-corrected chi connectivity index (χ1v) is 12.4. The lowest BCUT2D eigenvalue weighted by Gasteiger charge is -2.40. The zero-order chi connectivity index (χ0) is 27.5. The molecule has 4 amide bonds. The van der Waals surface area contributed by atoms with E-state index >= 15 is 0 Å². The zero-order valence-corrected chi connectivity index (χ0v) is 21.8. The van der Waals surface area contributed by atoms with Crippen LogP contribution in [0.25, 0.3) is 0 Å². The summed E-state index contributed by atoms with van der Waals surface area (Å²) >= 11 is 0. The van der Waals surface area contributed by atoms with Gasteiger partial charge in [0.15, 0.2) is 0 Å². The first-order valence-electron chi connectivity index (χ1n) is 12.4. The quantitative estimate of drug-likeness (QED) is 0.637. The summed E-state index contributed by atoms with van der Waals surface area (Å²) in [4.78, 5) is 49.2. The molecule has 1 aromatic heterocycles. The number of hydrogen-bond acceptors (Lipinski definition) is 4. The Hall–Kier alpha value is -3.05. The Morgan fingerprint density at radius 2 is 1.84 bits per heavy atom. The first kappa shape index (κ1) is 27.0. The summed E-state index contributed by atoms with van der Waals surface area (Å²) in [5.41, 5.74) is -1.66. The highest BCUT2D eigenvalue weighted by Gasteiger charge is 2.61. The van der Waals surface area contributed by atoms with Gasteiger partial charge in [0, 0.05) is 70.2 Å². The number of nitrogens with zero attached hydrogens (tertiary/aromatic N) is 5. The van der Waals surface area contributed by atoms with E-state index in [9.17, 15) is 32.7 Å². The molecule has 204 valence electrons. The molecule has 0 aromatic carbocycles. The standard InChI is InChI=1S/C25H34F3N5O4/c1-23(2,3)33(22(36)37)18-9-17-13-32(21(35)30(4)5)14-24(17,10-18)20(34)31-7-6-19-15(12-31)8-16(11-29-19)25(26,27)28/h8,11,17-18H,6-7,9-10,12-14H2,1-5H3,(H,36,37)/t17-,18+,24-/m0/s1. The molecular weight excluding hydrogens is 491 g/mol. The van der Waals surface area contributed by atoms with E-state index in [0.717, 1.165) is 12.3 Å².